The number of nitrogens with one attached hydrogen (secondary N) is 2. The molecule has 0 unspecified atom stereocenters. The number of piperazine rings is 1. The van der Waals surface area contributed by atoms with Gasteiger partial charge in [0.15, 0.2) is 11.8 Å². The zero-order valence-corrected chi connectivity index (χ0v) is 15.7. The molecule has 1 saturated heterocycles. The molecule has 0 radical (unpaired) electrons. The number of amides is 2. The van der Waals surface area contributed by atoms with Gasteiger partial charge in [-0.05, 0) is 38.1 Å². The summed E-state index contributed by atoms with van der Waals surface area (Å²) >= 11 is 0. The van der Waals surface area contributed by atoms with Crippen molar-refractivity contribution in [2.75, 3.05) is 38.1 Å². The quantitative estimate of drug-likeness (QED) is 0.795. The van der Waals surface area contributed by atoms with Gasteiger partial charge in [-0.3, -0.25) is 9.59 Å². The summed E-state index contributed by atoms with van der Waals surface area (Å²) in [5.41, 5.74) is 0.683. The number of nitrogens with zero attached hydrogens (tertiary/aromatic N) is 1. The van der Waals surface area contributed by atoms with Gasteiger partial charge in [0.25, 0.3) is 11.8 Å². The van der Waals surface area contributed by atoms with Crippen molar-refractivity contribution in [2.45, 2.75) is 19.9 Å². The molecule has 1 atom stereocenters. The molecule has 0 bridgehead atoms. The number of hydrogen-bond donors (Lipinski definition) is 2. The molecule has 0 spiro atoms. The maximum atomic E-state index is 12.7. The summed E-state index contributed by atoms with van der Waals surface area (Å²) in [7, 11) is 0. The van der Waals surface area contributed by atoms with Crippen LogP contribution in [0.2, 0.25) is 0 Å². The lowest BCUT2D eigenvalue weighted by molar-refractivity contribution is -0.917. The van der Waals surface area contributed by atoms with E-state index in [1.807, 2.05) is 38.1 Å². The molecule has 2 amide bonds. The third kappa shape index (κ3) is 4.49. The first kappa shape index (κ1) is 19.0. The van der Waals surface area contributed by atoms with Gasteiger partial charge in [0.2, 0.25) is 0 Å². The van der Waals surface area contributed by atoms with E-state index >= 15 is 0 Å². The van der Waals surface area contributed by atoms with Crippen molar-refractivity contribution >= 4 is 17.5 Å². The lowest BCUT2D eigenvalue weighted by Gasteiger charge is -2.34. The number of quaternary nitrogens is 1. The van der Waals surface area contributed by atoms with Crippen molar-refractivity contribution in [1.29, 1.82) is 0 Å². The van der Waals surface area contributed by atoms with Crippen molar-refractivity contribution < 1.29 is 23.6 Å². The largest absolute Gasteiger partial charge is 0.492 e. The minimum atomic E-state index is -0.222. The molecule has 0 saturated carbocycles. The number of carbonyl (C=O) groups is 2. The van der Waals surface area contributed by atoms with E-state index in [0.717, 1.165) is 4.90 Å². The lowest BCUT2D eigenvalue weighted by atomic mass is 10.2. The van der Waals surface area contributed by atoms with Gasteiger partial charge in [0, 0.05) is 0 Å². The van der Waals surface area contributed by atoms with Crippen LogP contribution in [0, 0.1) is 0 Å². The van der Waals surface area contributed by atoms with Gasteiger partial charge < -0.3 is 24.3 Å². The Morgan fingerprint density at radius 1 is 1.22 bits per heavy atom. The summed E-state index contributed by atoms with van der Waals surface area (Å²) < 4.78 is 10.7. The Morgan fingerprint density at radius 2 is 1.96 bits per heavy atom. The van der Waals surface area contributed by atoms with Gasteiger partial charge in [-0.1, -0.05) is 12.1 Å². The Morgan fingerprint density at radius 3 is 2.63 bits per heavy atom. The SMILES string of the molecule is CCOc1ccccc1NC(=O)[C@@H](C)[NH+]1CCN(C(=O)c2ccco2)CC1. The maximum absolute atomic E-state index is 12.7. The molecule has 7 heteroatoms. The fourth-order valence-corrected chi connectivity index (χ4v) is 3.26. The second-order valence-corrected chi connectivity index (χ2v) is 6.57. The molecule has 3 rings (SSSR count). The minimum Gasteiger partial charge on any atom is -0.492 e. The van der Waals surface area contributed by atoms with Crippen LogP contribution in [0.1, 0.15) is 24.4 Å². The molecule has 2 aromatic rings. The standard InChI is InChI=1S/C20H25N3O4/c1-3-26-17-8-5-4-7-16(17)21-19(24)15(2)22-10-12-23(13-11-22)20(25)18-9-6-14-27-18/h4-9,14-15H,3,10-13H2,1-2H3,(H,21,24)/p+1/t15-/m1/s1. The fourth-order valence-electron chi connectivity index (χ4n) is 3.26. The average molecular weight is 372 g/mol. The molecule has 0 aliphatic carbocycles. The monoisotopic (exact) mass is 372 g/mol. The van der Waals surface area contributed by atoms with Crippen molar-refractivity contribution in [3.05, 3.63) is 48.4 Å². The van der Waals surface area contributed by atoms with Gasteiger partial charge in [0.1, 0.15) is 5.75 Å². The predicted octanol–water partition coefficient (Wildman–Crippen LogP) is 1.05. The van der Waals surface area contributed by atoms with Crippen molar-refractivity contribution in [3.8, 4) is 5.75 Å². The van der Waals surface area contributed by atoms with E-state index in [9.17, 15) is 9.59 Å². The van der Waals surface area contributed by atoms with E-state index in [0.29, 0.717) is 50.0 Å². The molecule has 1 aliphatic heterocycles. The van der Waals surface area contributed by atoms with E-state index in [-0.39, 0.29) is 17.9 Å². The van der Waals surface area contributed by atoms with Gasteiger partial charge in [-0.15, -0.1) is 0 Å². The number of benzene rings is 1. The summed E-state index contributed by atoms with van der Waals surface area (Å²) in [5, 5.41) is 2.97. The molecule has 1 aromatic heterocycles. The topological polar surface area (TPSA) is 76.2 Å². The van der Waals surface area contributed by atoms with Crippen LogP contribution >= 0.6 is 0 Å². The number of hydrogen-bond acceptors (Lipinski definition) is 4. The Labute approximate surface area is 158 Å². The van der Waals surface area contributed by atoms with Crippen LogP contribution < -0.4 is 15.0 Å². The Balaban J connectivity index is 1.55. The van der Waals surface area contributed by atoms with E-state index in [1.165, 1.54) is 6.26 Å². The zero-order valence-electron chi connectivity index (χ0n) is 15.7. The first-order chi connectivity index (χ1) is 13.1. The number of anilines is 1. The van der Waals surface area contributed by atoms with Crippen molar-refractivity contribution in [2.24, 2.45) is 0 Å². The summed E-state index contributed by atoms with van der Waals surface area (Å²) in [6.07, 6.45) is 1.50. The number of rotatable bonds is 6. The third-order valence-corrected chi connectivity index (χ3v) is 4.88. The molecule has 2 heterocycles. The van der Waals surface area contributed by atoms with Gasteiger partial charge in [-0.2, -0.15) is 0 Å². The molecule has 2 N–H and O–H groups in total. The van der Waals surface area contributed by atoms with E-state index < -0.39 is 0 Å². The first-order valence-corrected chi connectivity index (χ1v) is 9.30. The second-order valence-electron chi connectivity index (χ2n) is 6.57. The van der Waals surface area contributed by atoms with Gasteiger partial charge in [-0.25, -0.2) is 0 Å². The second kappa shape index (κ2) is 8.73. The Kier molecular flexibility index (Phi) is 6.13. The summed E-state index contributed by atoms with van der Waals surface area (Å²) in [4.78, 5) is 28.0. The molecule has 1 aromatic carbocycles. The highest BCUT2D eigenvalue weighted by Crippen LogP contribution is 2.23. The third-order valence-electron chi connectivity index (χ3n) is 4.88. The van der Waals surface area contributed by atoms with Crippen LogP contribution in [-0.4, -0.2) is 55.5 Å². The van der Waals surface area contributed by atoms with Crippen LogP contribution in [0.4, 0.5) is 5.69 Å². The molecular weight excluding hydrogens is 346 g/mol. The number of carbonyl (C=O) groups excluding carboxylic acids is 2. The average Bonchev–Trinajstić information content (AvgIpc) is 3.23. The fraction of sp³-hybridized carbons (Fsp3) is 0.400. The molecule has 1 fully saturated rings. The number of furan rings is 1. The van der Waals surface area contributed by atoms with Crippen LogP contribution in [-0.2, 0) is 4.79 Å². The van der Waals surface area contributed by atoms with Crippen LogP contribution in [0.3, 0.4) is 0 Å². The summed E-state index contributed by atoms with van der Waals surface area (Å²) in [6.45, 7) is 7.00. The Bertz CT molecular complexity index is 767. The summed E-state index contributed by atoms with van der Waals surface area (Å²) in [6, 6.07) is 10.6. The van der Waals surface area contributed by atoms with Crippen molar-refractivity contribution in [3.63, 3.8) is 0 Å². The van der Waals surface area contributed by atoms with Crippen LogP contribution in [0.5, 0.6) is 5.75 Å². The Hall–Kier alpha value is -2.80. The maximum Gasteiger partial charge on any atom is 0.289 e. The normalized spacial score (nSPS) is 16.0. The highest BCUT2D eigenvalue weighted by molar-refractivity contribution is 5.95. The van der Waals surface area contributed by atoms with E-state index in [2.05, 4.69) is 5.32 Å². The molecule has 1 aliphatic rings. The number of para-hydroxylation sites is 2. The highest BCUT2D eigenvalue weighted by atomic mass is 16.5. The molecule has 27 heavy (non-hydrogen) atoms. The van der Waals surface area contributed by atoms with E-state index in [4.69, 9.17) is 9.15 Å². The van der Waals surface area contributed by atoms with Crippen LogP contribution in [0.25, 0.3) is 0 Å². The molecular formula is C20H26N3O4+. The van der Waals surface area contributed by atoms with Gasteiger partial charge in [0.05, 0.1) is 44.7 Å². The van der Waals surface area contributed by atoms with E-state index in [1.54, 1.807) is 17.0 Å². The van der Waals surface area contributed by atoms with Crippen LogP contribution in [0.15, 0.2) is 47.1 Å². The number of ether oxygens (including phenoxy) is 1. The minimum absolute atomic E-state index is 0.0528. The molecule has 144 valence electrons. The zero-order chi connectivity index (χ0) is 19.2. The lowest BCUT2D eigenvalue weighted by Crippen LogP contribution is -3.19. The van der Waals surface area contributed by atoms with Gasteiger partial charge >= 0.3 is 0 Å². The first-order valence-electron chi connectivity index (χ1n) is 9.30. The predicted molar refractivity (Wildman–Crippen MR) is 101 cm³/mol. The summed E-state index contributed by atoms with van der Waals surface area (Å²) in [5.74, 6) is 0.881. The van der Waals surface area contributed by atoms with Crippen molar-refractivity contribution in [1.82, 2.24) is 4.90 Å². The highest BCUT2D eigenvalue weighted by Gasteiger charge is 2.32. The molecule has 7 nitrogen and oxygen atoms in total. The smallest absolute Gasteiger partial charge is 0.289 e.